The molecular formula is C21H25ClN2O5S. The number of piperidine rings is 1. The third-order valence-electron chi connectivity index (χ3n) is 5.18. The lowest BCUT2D eigenvalue weighted by Gasteiger charge is -2.30. The smallest absolute Gasteiger partial charge is 0.227 e. The predicted octanol–water partition coefficient (Wildman–Crippen LogP) is 3.54. The van der Waals surface area contributed by atoms with Gasteiger partial charge in [0.05, 0.1) is 25.7 Å². The maximum atomic E-state index is 12.8. The van der Waals surface area contributed by atoms with Gasteiger partial charge in [0.2, 0.25) is 15.9 Å². The van der Waals surface area contributed by atoms with Gasteiger partial charge in [-0.2, -0.15) is 0 Å². The second kappa shape index (κ2) is 9.68. The van der Waals surface area contributed by atoms with Crippen LogP contribution in [0.15, 0.2) is 42.5 Å². The first-order valence-electron chi connectivity index (χ1n) is 9.58. The van der Waals surface area contributed by atoms with Crippen molar-refractivity contribution in [2.45, 2.75) is 18.6 Å². The molecule has 0 radical (unpaired) electrons. The van der Waals surface area contributed by atoms with Crippen molar-refractivity contribution in [1.29, 1.82) is 0 Å². The van der Waals surface area contributed by atoms with E-state index < -0.39 is 10.0 Å². The molecule has 1 N–H and O–H groups in total. The number of amides is 1. The summed E-state index contributed by atoms with van der Waals surface area (Å²) in [5, 5.41) is 3.31. The summed E-state index contributed by atoms with van der Waals surface area (Å²) in [5.74, 6) is 0.540. The third kappa shape index (κ3) is 5.24. The molecule has 2 aromatic carbocycles. The molecule has 0 saturated carbocycles. The van der Waals surface area contributed by atoms with Crippen LogP contribution in [0, 0.1) is 5.92 Å². The van der Waals surface area contributed by atoms with Crippen LogP contribution in [0.25, 0.3) is 0 Å². The van der Waals surface area contributed by atoms with Gasteiger partial charge in [-0.05, 0) is 36.6 Å². The quantitative estimate of drug-likeness (QED) is 0.694. The molecule has 2 aromatic rings. The van der Waals surface area contributed by atoms with E-state index in [1.54, 1.807) is 49.6 Å². The standard InChI is InChI=1S/C21H25ClN2O5S/c1-28-17-7-8-20(29-2)19(13-17)23-21(25)15-9-11-24(12-10-15)30(26,27)14-16-5-3-4-6-18(16)22/h3-8,13,15H,9-12,14H2,1-2H3,(H,23,25). The molecule has 0 unspecified atom stereocenters. The van der Waals surface area contributed by atoms with Gasteiger partial charge in [-0.25, -0.2) is 12.7 Å². The Morgan fingerprint density at radius 3 is 2.47 bits per heavy atom. The number of hydrogen-bond donors (Lipinski definition) is 1. The Morgan fingerprint density at radius 2 is 1.83 bits per heavy atom. The van der Waals surface area contributed by atoms with Gasteiger partial charge < -0.3 is 14.8 Å². The van der Waals surface area contributed by atoms with E-state index >= 15 is 0 Å². The number of anilines is 1. The highest BCUT2D eigenvalue weighted by Crippen LogP contribution is 2.31. The van der Waals surface area contributed by atoms with E-state index in [1.165, 1.54) is 11.4 Å². The second-order valence-corrected chi connectivity index (χ2v) is 9.45. The molecule has 0 atom stereocenters. The van der Waals surface area contributed by atoms with Gasteiger partial charge in [0.25, 0.3) is 0 Å². The predicted molar refractivity (Wildman–Crippen MR) is 117 cm³/mol. The van der Waals surface area contributed by atoms with Crippen molar-refractivity contribution in [2.24, 2.45) is 5.92 Å². The summed E-state index contributed by atoms with van der Waals surface area (Å²) >= 11 is 6.10. The fourth-order valence-electron chi connectivity index (χ4n) is 3.45. The van der Waals surface area contributed by atoms with Crippen LogP contribution in [0.3, 0.4) is 0 Å². The zero-order chi connectivity index (χ0) is 21.7. The molecule has 0 spiro atoms. The molecule has 9 heteroatoms. The van der Waals surface area contributed by atoms with Crippen LogP contribution < -0.4 is 14.8 Å². The minimum atomic E-state index is -3.51. The molecule has 1 heterocycles. The number of sulfonamides is 1. The van der Waals surface area contributed by atoms with Crippen molar-refractivity contribution in [3.63, 3.8) is 0 Å². The first-order chi connectivity index (χ1) is 14.3. The summed E-state index contributed by atoms with van der Waals surface area (Å²) < 4.78 is 37.5. The number of benzene rings is 2. The van der Waals surface area contributed by atoms with Crippen LogP contribution >= 0.6 is 11.6 Å². The number of methoxy groups -OCH3 is 2. The van der Waals surface area contributed by atoms with E-state index in [1.807, 2.05) is 0 Å². The monoisotopic (exact) mass is 452 g/mol. The summed E-state index contributed by atoms with van der Waals surface area (Å²) in [6, 6.07) is 12.1. The highest BCUT2D eigenvalue weighted by atomic mass is 35.5. The van der Waals surface area contributed by atoms with E-state index in [0.717, 1.165) is 0 Å². The Morgan fingerprint density at radius 1 is 1.13 bits per heavy atom. The van der Waals surface area contributed by atoms with Crippen molar-refractivity contribution < 1.29 is 22.7 Å². The number of nitrogens with zero attached hydrogens (tertiary/aromatic N) is 1. The summed E-state index contributed by atoms with van der Waals surface area (Å²) in [5.41, 5.74) is 1.10. The minimum Gasteiger partial charge on any atom is -0.497 e. The first-order valence-corrected chi connectivity index (χ1v) is 11.6. The SMILES string of the molecule is COc1ccc(OC)c(NC(=O)C2CCN(S(=O)(=O)Cc3ccccc3Cl)CC2)c1. The number of nitrogens with one attached hydrogen (secondary N) is 1. The topological polar surface area (TPSA) is 84.9 Å². The summed E-state index contributed by atoms with van der Waals surface area (Å²) in [6.07, 6.45) is 0.889. The molecule has 0 bridgehead atoms. The zero-order valence-electron chi connectivity index (χ0n) is 16.9. The Kier molecular flexibility index (Phi) is 7.23. The Hall–Kier alpha value is -2.29. The van der Waals surface area contributed by atoms with Crippen molar-refractivity contribution in [2.75, 3.05) is 32.6 Å². The summed E-state index contributed by atoms with van der Waals surface area (Å²) in [6.45, 7) is 0.584. The molecular weight excluding hydrogens is 428 g/mol. The van der Waals surface area contributed by atoms with Crippen LogP contribution in [-0.4, -0.2) is 45.9 Å². The maximum absolute atomic E-state index is 12.8. The second-order valence-electron chi connectivity index (χ2n) is 7.08. The number of rotatable bonds is 7. The maximum Gasteiger partial charge on any atom is 0.227 e. The lowest BCUT2D eigenvalue weighted by molar-refractivity contribution is -0.120. The highest BCUT2D eigenvalue weighted by molar-refractivity contribution is 7.88. The van der Waals surface area contributed by atoms with Crippen LogP contribution in [0.4, 0.5) is 5.69 Å². The Labute approximate surface area is 182 Å². The van der Waals surface area contributed by atoms with E-state index in [0.29, 0.717) is 53.7 Å². The molecule has 1 aliphatic rings. The molecule has 1 aliphatic heterocycles. The number of carbonyl (C=O) groups excluding carboxylic acids is 1. The van der Waals surface area contributed by atoms with Crippen molar-refractivity contribution in [1.82, 2.24) is 4.31 Å². The molecule has 1 amide bonds. The van der Waals surface area contributed by atoms with Gasteiger partial charge in [-0.1, -0.05) is 29.8 Å². The molecule has 1 saturated heterocycles. The van der Waals surface area contributed by atoms with Gasteiger partial charge in [-0.3, -0.25) is 4.79 Å². The highest BCUT2D eigenvalue weighted by Gasteiger charge is 2.31. The lowest BCUT2D eigenvalue weighted by atomic mass is 9.97. The first kappa shape index (κ1) is 22.4. The van der Waals surface area contributed by atoms with Crippen molar-refractivity contribution >= 4 is 33.2 Å². The van der Waals surface area contributed by atoms with Crippen LogP contribution in [0.2, 0.25) is 5.02 Å². The molecule has 0 aromatic heterocycles. The summed E-state index contributed by atoms with van der Waals surface area (Å²) in [7, 11) is -0.431. The summed E-state index contributed by atoms with van der Waals surface area (Å²) in [4.78, 5) is 12.7. The third-order valence-corrected chi connectivity index (χ3v) is 7.37. The van der Waals surface area contributed by atoms with Crippen molar-refractivity contribution in [3.05, 3.63) is 53.1 Å². The van der Waals surface area contributed by atoms with Gasteiger partial charge in [0, 0.05) is 30.1 Å². The molecule has 7 nitrogen and oxygen atoms in total. The normalized spacial score (nSPS) is 15.6. The van der Waals surface area contributed by atoms with E-state index in [-0.39, 0.29) is 17.6 Å². The molecule has 30 heavy (non-hydrogen) atoms. The Bertz CT molecular complexity index is 1000. The molecule has 1 fully saturated rings. The largest absolute Gasteiger partial charge is 0.497 e. The van der Waals surface area contributed by atoms with Gasteiger partial charge >= 0.3 is 0 Å². The van der Waals surface area contributed by atoms with Crippen LogP contribution in [-0.2, 0) is 20.6 Å². The molecule has 0 aliphatic carbocycles. The van der Waals surface area contributed by atoms with Gasteiger partial charge in [0.15, 0.2) is 0 Å². The fourth-order valence-corrected chi connectivity index (χ4v) is 5.32. The van der Waals surface area contributed by atoms with Crippen LogP contribution in [0.5, 0.6) is 11.5 Å². The van der Waals surface area contributed by atoms with Crippen molar-refractivity contribution in [3.8, 4) is 11.5 Å². The van der Waals surface area contributed by atoms with E-state index in [2.05, 4.69) is 5.32 Å². The minimum absolute atomic E-state index is 0.148. The van der Waals surface area contributed by atoms with E-state index in [4.69, 9.17) is 21.1 Å². The fraction of sp³-hybridized carbons (Fsp3) is 0.381. The average molecular weight is 453 g/mol. The number of hydrogen-bond acceptors (Lipinski definition) is 5. The van der Waals surface area contributed by atoms with E-state index in [9.17, 15) is 13.2 Å². The van der Waals surface area contributed by atoms with Gasteiger partial charge in [0.1, 0.15) is 11.5 Å². The number of carbonyl (C=O) groups is 1. The molecule has 162 valence electrons. The van der Waals surface area contributed by atoms with Gasteiger partial charge in [-0.15, -0.1) is 0 Å². The zero-order valence-corrected chi connectivity index (χ0v) is 18.5. The Balaban J connectivity index is 1.61. The lowest BCUT2D eigenvalue weighted by Crippen LogP contribution is -2.41. The molecule has 3 rings (SSSR count). The average Bonchev–Trinajstić information content (AvgIpc) is 2.75. The number of ether oxygens (including phenoxy) is 2. The number of halogens is 1. The van der Waals surface area contributed by atoms with Crippen LogP contribution in [0.1, 0.15) is 18.4 Å².